The van der Waals surface area contributed by atoms with Gasteiger partial charge in [0.15, 0.2) is 0 Å². The molecule has 1 aromatic heterocycles. The van der Waals surface area contributed by atoms with Crippen molar-refractivity contribution < 1.29 is 4.39 Å². The lowest BCUT2D eigenvalue weighted by Gasteiger charge is -2.04. The van der Waals surface area contributed by atoms with Crippen LogP contribution in [0.15, 0.2) is 45.9 Å². The Kier molecular flexibility index (Phi) is 4.02. The number of aromatic nitrogens is 1. The van der Waals surface area contributed by atoms with Crippen molar-refractivity contribution in [3.63, 3.8) is 0 Å². The van der Waals surface area contributed by atoms with Crippen LogP contribution in [0.25, 0.3) is 0 Å². The third-order valence-corrected chi connectivity index (χ3v) is 3.68. The van der Waals surface area contributed by atoms with Gasteiger partial charge in [0, 0.05) is 21.3 Å². The molecule has 2 nitrogen and oxygen atoms in total. The van der Waals surface area contributed by atoms with E-state index in [9.17, 15) is 4.39 Å². The van der Waals surface area contributed by atoms with Gasteiger partial charge in [0.25, 0.3) is 0 Å². The van der Waals surface area contributed by atoms with E-state index in [0.717, 1.165) is 9.37 Å². The summed E-state index contributed by atoms with van der Waals surface area (Å²) in [6.45, 7) is 0. The molecule has 2 aromatic rings. The minimum absolute atomic E-state index is 0.191. The topological polar surface area (TPSA) is 38.9 Å². The molecule has 88 valence electrons. The van der Waals surface area contributed by atoms with Gasteiger partial charge >= 0.3 is 0 Å². The maximum Gasteiger partial charge on any atom is 0.127 e. The van der Waals surface area contributed by atoms with E-state index in [1.54, 1.807) is 24.4 Å². The highest BCUT2D eigenvalue weighted by molar-refractivity contribution is 9.10. The van der Waals surface area contributed by atoms with Gasteiger partial charge in [0.05, 0.1) is 0 Å². The molecule has 0 atom stereocenters. The lowest BCUT2D eigenvalue weighted by Crippen LogP contribution is -1.90. The van der Waals surface area contributed by atoms with Crippen LogP contribution >= 0.6 is 27.7 Å². The van der Waals surface area contributed by atoms with Crippen LogP contribution < -0.4 is 5.73 Å². The van der Waals surface area contributed by atoms with Crippen molar-refractivity contribution in [2.45, 2.75) is 10.6 Å². The third-order valence-electron chi connectivity index (χ3n) is 2.16. The molecule has 1 aromatic carbocycles. The van der Waals surface area contributed by atoms with E-state index in [1.807, 2.05) is 6.07 Å². The first-order valence-corrected chi connectivity index (χ1v) is 6.71. The third kappa shape index (κ3) is 3.44. The van der Waals surface area contributed by atoms with Gasteiger partial charge in [0.2, 0.25) is 0 Å². The summed E-state index contributed by atoms with van der Waals surface area (Å²) in [5, 5.41) is 0. The Morgan fingerprint density at radius 1 is 1.29 bits per heavy atom. The van der Waals surface area contributed by atoms with Crippen LogP contribution in [0.5, 0.6) is 0 Å². The molecule has 2 N–H and O–H groups in total. The minimum Gasteiger partial charge on any atom is -0.384 e. The molecule has 1 heterocycles. The lowest BCUT2D eigenvalue weighted by molar-refractivity contribution is 0.617. The average molecular weight is 313 g/mol. The highest BCUT2D eigenvalue weighted by atomic mass is 79.9. The molecule has 0 aliphatic heterocycles. The number of hydrogen-bond acceptors (Lipinski definition) is 3. The van der Waals surface area contributed by atoms with E-state index in [2.05, 4.69) is 20.9 Å². The van der Waals surface area contributed by atoms with Crippen LogP contribution in [0, 0.1) is 5.82 Å². The minimum atomic E-state index is -0.191. The van der Waals surface area contributed by atoms with Gasteiger partial charge in [-0.05, 0) is 35.9 Å². The fourth-order valence-corrected chi connectivity index (χ4v) is 2.54. The lowest BCUT2D eigenvalue weighted by atomic mass is 10.2. The second-order valence-electron chi connectivity index (χ2n) is 3.44. The molecule has 0 aliphatic carbocycles. The predicted octanol–water partition coefficient (Wildman–Crippen LogP) is 3.86. The van der Waals surface area contributed by atoms with E-state index in [1.165, 1.54) is 17.8 Å². The highest BCUT2D eigenvalue weighted by Crippen LogP contribution is 2.25. The monoisotopic (exact) mass is 312 g/mol. The van der Waals surface area contributed by atoms with Crippen LogP contribution in [-0.2, 0) is 5.75 Å². The van der Waals surface area contributed by atoms with Crippen molar-refractivity contribution in [3.8, 4) is 0 Å². The summed E-state index contributed by atoms with van der Waals surface area (Å²) in [4.78, 5) is 4.96. The molecule has 0 saturated heterocycles. The molecule has 0 radical (unpaired) electrons. The Labute approximate surface area is 112 Å². The molecule has 0 fully saturated rings. The number of nitrogens with two attached hydrogens (primary N) is 1. The average Bonchev–Trinajstić information content (AvgIpc) is 2.32. The van der Waals surface area contributed by atoms with Crippen LogP contribution in [0.3, 0.4) is 0 Å². The van der Waals surface area contributed by atoms with Crippen molar-refractivity contribution in [3.05, 3.63) is 52.4 Å². The number of thioether (sulfide) groups is 1. The summed E-state index contributed by atoms with van der Waals surface area (Å²) < 4.78 is 14.3. The fraction of sp³-hybridized carbons (Fsp3) is 0.0833. The summed E-state index contributed by atoms with van der Waals surface area (Å²) in [6, 6.07) is 8.55. The molecule has 0 spiro atoms. The summed E-state index contributed by atoms with van der Waals surface area (Å²) in [5.74, 6) is 0.865. The van der Waals surface area contributed by atoms with Crippen molar-refractivity contribution in [2.75, 3.05) is 5.73 Å². The maximum atomic E-state index is 13.5. The Hall–Kier alpha value is -1.07. The Morgan fingerprint density at radius 3 is 2.82 bits per heavy atom. The van der Waals surface area contributed by atoms with Gasteiger partial charge in [0.1, 0.15) is 11.6 Å². The van der Waals surface area contributed by atoms with Crippen molar-refractivity contribution in [1.29, 1.82) is 0 Å². The van der Waals surface area contributed by atoms with E-state index >= 15 is 0 Å². The van der Waals surface area contributed by atoms with E-state index in [4.69, 9.17) is 5.73 Å². The summed E-state index contributed by atoms with van der Waals surface area (Å²) >= 11 is 4.85. The van der Waals surface area contributed by atoms with Crippen LogP contribution in [0.1, 0.15) is 5.56 Å². The van der Waals surface area contributed by atoms with Gasteiger partial charge in [-0.3, -0.25) is 0 Å². The van der Waals surface area contributed by atoms with Gasteiger partial charge in [-0.25, -0.2) is 9.37 Å². The Bertz CT molecular complexity index is 516. The van der Waals surface area contributed by atoms with Crippen LogP contribution in [-0.4, -0.2) is 4.98 Å². The second-order valence-corrected chi connectivity index (χ2v) is 5.41. The zero-order chi connectivity index (χ0) is 12.3. The smallest absolute Gasteiger partial charge is 0.127 e. The number of hydrogen-bond donors (Lipinski definition) is 1. The van der Waals surface area contributed by atoms with E-state index in [-0.39, 0.29) is 5.82 Å². The molecule has 17 heavy (non-hydrogen) atoms. The molecule has 0 unspecified atom stereocenters. The van der Waals surface area contributed by atoms with Crippen LogP contribution in [0.2, 0.25) is 0 Å². The number of rotatable bonds is 3. The number of pyridine rings is 1. The zero-order valence-electron chi connectivity index (χ0n) is 8.86. The summed E-state index contributed by atoms with van der Waals surface area (Å²) in [6.07, 6.45) is 1.69. The molecule has 0 saturated carbocycles. The Morgan fingerprint density at radius 2 is 2.12 bits per heavy atom. The molecule has 0 bridgehead atoms. The number of nitrogen functional groups attached to an aromatic ring is 1. The van der Waals surface area contributed by atoms with E-state index in [0.29, 0.717) is 17.1 Å². The maximum absolute atomic E-state index is 13.5. The van der Waals surface area contributed by atoms with E-state index < -0.39 is 0 Å². The number of anilines is 1. The van der Waals surface area contributed by atoms with Gasteiger partial charge in [-0.2, -0.15) is 0 Å². The highest BCUT2D eigenvalue weighted by Gasteiger charge is 2.04. The number of benzene rings is 1. The number of halogens is 2. The van der Waals surface area contributed by atoms with Gasteiger partial charge in [-0.15, -0.1) is 11.8 Å². The van der Waals surface area contributed by atoms with Crippen molar-refractivity contribution in [2.24, 2.45) is 0 Å². The summed E-state index contributed by atoms with van der Waals surface area (Å²) in [7, 11) is 0. The first-order valence-electron chi connectivity index (χ1n) is 4.93. The Balaban J connectivity index is 2.07. The standard InChI is InChI=1S/C12H10BrFN2S/c13-9-1-3-11(14)8(5-9)7-17-10-2-4-12(15)16-6-10/h1-6H,7H2,(H2,15,16). The molecule has 0 amide bonds. The van der Waals surface area contributed by atoms with Gasteiger partial charge < -0.3 is 5.73 Å². The van der Waals surface area contributed by atoms with Crippen molar-refractivity contribution in [1.82, 2.24) is 4.98 Å². The first-order chi connectivity index (χ1) is 8.15. The molecule has 0 aliphatic rings. The molecule has 5 heteroatoms. The molecular formula is C12H10BrFN2S. The van der Waals surface area contributed by atoms with Crippen LogP contribution in [0.4, 0.5) is 10.2 Å². The first kappa shape index (κ1) is 12.4. The normalized spacial score (nSPS) is 10.5. The molecule has 2 rings (SSSR count). The SMILES string of the molecule is Nc1ccc(SCc2cc(Br)ccc2F)cn1. The zero-order valence-corrected chi connectivity index (χ0v) is 11.3. The van der Waals surface area contributed by atoms with Gasteiger partial charge in [-0.1, -0.05) is 15.9 Å². The fourth-order valence-electron chi connectivity index (χ4n) is 1.29. The second kappa shape index (κ2) is 5.51. The number of nitrogens with zero attached hydrogens (tertiary/aromatic N) is 1. The predicted molar refractivity (Wildman–Crippen MR) is 72.3 cm³/mol. The quantitative estimate of drug-likeness (QED) is 0.875. The molecular weight excluding hydrogens is 303 g/mol. The largest absolute Gasteiger partial charge is 0.384 e. The summed E-state index contributed by atoms with van der Waals surface area (Å²) in [5.41, 5.74) is 6.16. The van der Waals surface area contributed by atoms with Crippen molar-refractivity contribution >= 4 is 33.5 Å².